The van der Waals surface area contributed by atoms with Crippen LogP contribution in [-0.4, -0.2) is 26.2 Å². The molecule has 0 heterocycles. The van der Waals surface area contributed by atoms with Crippen LogP contribution in [0.2, 0.25) is 0 Å². The van der Waals surface area contributed by atoms with Crippen LogP contribution in [0.1, 0.15) is 13.8 Å². The minimum Gasteiger partial charge on any atom is -0.382 e. The highest BCUT2D eigenvalue weighted by atomic mass is 35.7. The second kappa shape index (κ2) is 7.27. The van der Waals surface area contributed by atoms with E-state index >= 15 is 0 Å². The van der Waals surface area contributed by atoms with Gasteiger partial charge in [0.1, 0.15) is 0 Å². The van der Waals surface area contributed by atoms with E-state index in [4.69, 9.17) is 17.7 Å². The van der Waals surface area contributed by atoms with Gasteiger partial charge in [-0.25, -0.2) is 0 Å². The Morgan fingerprint density at radius 1 is 1.40 bits per heavy atom. The molecule has 4 nitrogen and oxygen atoms in total. The third kappa shape index (κ3) is 89.7. The summed E-state index contributed by atoms with van der Waals surface area (Å²) in [7, 11) is -0.137. The van der Waals surface area contributed by atoms with Crippen LogP contribution in [-0.2, 0) is 14.1 Å². The van der Waals surface area contributed by atoms with E-state index in [9.17, 15) is 0 Å². The van der Waals surface area contributed by atoms with E-state index in [0.717, 1.165) is 13.2 Å². The van der Waals surface area contributed by atoms with Crippen LogP contribution < -0.4 is 0 Å². The predicted octanol–water partition coefficient (Wildman–Crippen LogP) is 1.07. The molecule has 0 rings (SSSR count). The molecule has 0 fully saturated rings. The van der Waals surface area contributed by atoms with Crippen LogP contribution >= 0.6 is 10.7 Å². The van der Waals surface area contributed by atoms with Gasteiger partial charge in [-0.15, -0.1) is 0 Å². The molecular weight excluding hydrogens is 180 g/mol. The van der Waals surface area contributed by atoms with Crippen molar-refractivity contribution in [2.75, 3.05) is 13.2 Å². The van der Waals surface area contributed by atoms with Crippen molar-refractivity contribution in [2.24, 2.45) is 0 Å². The average Bonchev–Trinajstić information content (AvgIpc) is 1.63. The second-order valence-electron chi connectivity index (χ2n) is 1.19. The van der Waals surface area contributed by atoms with Gasteiger partial charge in [0.15, 0.2) is 0 Å². The van der Waals surface area contributed by atoms with Crippen LogP contribution in [0.3, 0.4) is 0 Å². The van der Waals surface area contributed by atoms with Crippen LogP contribution in [0.5, 0.6) is 0 Å². The van der Waals surface area contributed by atoms with Crippen molar-refractivity contribution in [3.63, 3.8) is 0 Å². The smallest absolute Gasteiger partial charge is 0.353 e. The molecule has 0 atom stereocenters. The summed E-state index contributed by atoms with van der Waals surface area (Å²) in [5.74, 6) is 0. The molecule has 0 aliphatic heterocycles. The first-order valence-corrected chi connectivity index (χ1v) is 4.93. The van der Waals surface area contributed by atoms with E-state index in [1.54, 1.807) is 0 Å². The molecule has 64 valence electrons. The maximum absolute atomic E-state index is 8.95. The zero-order valence-electron chi connectivity index (χ0n) is 5.87. The minimum atomic E-state index is -4.19. The summed E-state index contributed by atoms with van der Waals surface area (Å²) in [6.45, 7) is 5.67. The lowest BCUT2D eigenvalue weighted by molar-refractivity contribution is 0.162. The third-order valence-electron chi connectivity index (χ3n) is 0.408. The quantitative estimate of drug-likeness (QED) is 0.523. The summed E-state index contributed by atoms with van der Waals surface area (Å²) < 4.78 is 30.0. The largest absolute Gasteiger partial charge is 0.382 e. The lowest BCUT2D eigenvalue weighted by atomic mass is 10.8. The van der Waals surface area contributed by atoms with Gasteiger partial charge in [-0.05, 0) is 13.8 Å². The normalized spacial score (nSPS) is 10.0. The topological polar surface area (TPSA) is 63.6 Å². The van der Waals surface area contributed by atoms with Gasteiger partial charge >= 0.3 is 9.33 Å². The van der Waals surface area contributed by atoms with Crippen LogP contribution in [0.4, 0.5) is 0 Å². The highest BCUT2D eigenvalue weighted by Crippen LogP contribution is 1.82. The Morgan fingerprint density at radius 2 is 1.60 bits per heavy atom. The molecular formula is C4H11ClO4S. The van der Waals surface area contributed by atoms with E-state index in [1.165, 1.54) is 0 Å². The van der Waals surface area contributed by atoms with Crippen molar-refractivity contribution < 1.29 is 17.7 Å². The Balaban J connectivity index is 0. The first-order chi connectivity index (χ1) is 4.41. The van der Waals surface area contributed by atoms with Crippen molar-refractivity contribution in [1.82, 2.24) is 0 Å². The lowest BCUT2D eigenvalue weighted by Gasteiger charge is -1.86. The maximum atomic E-state index is 8.95. The molecule has 0 aromatic rings. The van der Waals surface area contributed by atoms with Crippen molar-refractivity contribution in [3.05, 3.63) is 0 Å². The zero-order chi connectivity index (χ0) is 8.62. The van der Waals surface area contributed by atoms with Gasteiger partial charge in [0.05, 0.1) is 0 Å². The highest BCUT2D eigenvalue weighted by Gasteiger charge is 1.86. The fourth-order valence-corrected chi connectivity index (χ4v) is 0.204. The minimum absolute atomic E-state index is 0.844. The van der Waals surface area contributed by atoms with Crippen molar-refractivity contribution in [2.45, 2.75) is 13.8 Å². The van der Waals surface area contributed by atoms with Gasteiger partial charge in [0.2, 0.25) is 0 Å². The van der Waals surface area contributed by atoms with Gasteiger partial charge in [-0.1, -0.05) is 0 Å². The Hall–Kier alpha value is 0.160. The Morgan fingerprint density at radius 3 is 1.60 bits per heavy atom. The molecule has 0 aromatic heterocycles. The van der Waals surface area contributed by atoms with Crippen molar-refractivity contribution >= 4 is 20.0 Å². The first kappa shape index (κ1) is 12.8. The average molecular weight is 191 g/mol. The van der Waals surface area contributed by atoms with Crippen LogP contribution in [0, 0.1) is 0 Å². The van der Waals surface area contributed by atoms with E-state index in [2.05, 4.69) is 10.7 Å². The summed E-state index contributed by atoms with van der Waals surface area (Å²) in [4.78, 5) is 0. The van der Waals surface area contributed by atoms with E-state index in [0.29, 0.717) is 0 Å². The van der Waals surface area contributed by atoms with Crippen LogP contribution in [0.25, 0.3) is 0 Å². The predicted molar refractivity (Wildman–Crippen MR) is 39.6 cm³/mol. The summed E-state index contributed by atoms with van der Waals surface area (Å²) in [6, 6.07) is 0. The monoisotopic (exact) mass is 190 g/mol. The van der Waals surface area contributed by atoms with Crippen molar-refractivity contribution in [1.29, 1.82) is 0 Å². The summed E-state index contributed by atoms with van der Waals surface area (Å²) >= 11 is 0. The molecule has 1 N–H and O–H groups in total. The molecule has 0 saturated carbocycles. The first-order valence-electron chi connectivity index (χ1n) is 2.66. The fraction of sp³-hybridized carbons (Fsp3) is 1.00. The highest BCUT2D eigenvalue weighted by molar-refractivity contribution is 8.09. The molecule has 0 spiro atoms. The number of hydrogen-bond acceptors (Lipinski definition) is 3. The molecule has 0 unspecified atom stereocenters. The number of rotatable bonds is 2. The van der Waals surface area contributed by atoms with Gasteiger partial charge < -0.3 is 4.74 Å². The van der Waals surface area contributed by atoms with Gasteiger partial charge in [0.25, 0.3) is 0 Å². The molecule has 0 aromatic carbocycles. The van der Waals surface area contributed by atoms with Gasteiger partial charge in [0, 0.05) is 23.9 Å². The molecule has 0 aliphatic carbocycles. The lowest BCUT2D eigenvalue weighted by Crippen LogP contribution is -1.84. The van der Waals surface area contributed by atoms with E-state index < -0.39 is 9.33 Å². The molecule has 10 heavy (non-hydrogen) atoms. The Labute approximate surface area is 65.4 Å². The fourth-order valence-electron chi connectivity index (χ4n) is 0.204. The third-order valence-corrected chi connectivity index (χ3v) is 0.408. The van der Waals surface area contributed by atoms with Crippen LogP contribution in [0.15, 0.2) is 0 Å². The standard InChI is InChI=1S/C4H10O.ClHO3S/c1-3-5-4-2;1-5(2,3)4/h3-4H2,1-2H3;(H,2,3,4). The summed E-state index contributed by atoms with van der Waals surface area (Å²) in [5, 5.41) is 0. The SMILES string of the molecule is CCOCC.O=S(=O)(O)Cl. The van der Waals surface area contributed by atoms with Crippen molar-refractivity contribution in [3.8, 4) is 0 Å². The van der Waals surface area contributed by atoms with E-state index in [1.807, 2.05) is 13.8 Å². The number of hydrogen-bond donors (Lipinski definition) is 1. The van der Waals surface area contributed by atoms with Gasteiger partial charge in [-0.3, -0.25) is 4.55 Å². The Bertz CT molecular complexity index is 131. The maximum Gasteiger partial charge on any atom is 0.353 e. The molecule has 6 heteroatoms. The summed E-state index contributed by atoms with van der Waals surface area (Å²) in [6.07, 6.45) is 0. The molecule has 0 saturated heterocycles. The molecule has 0 radical (unpaired) electrons. The molecule has 0 amide bonds. The second-order valence-corrected chi connectivity index (χ2v) is 3.19. The Kier molecular flexibility index (Phi) is 9.31. The molecule has 0 bridgehead atoms. The number of halogens is 1. The summed E-state index contributed by atoms with van der Waals surface area (Å²) in [5.41, 5.74) is 0. The van der Waals surface area contributed by atoms with E-state index in [-0.39, 0.29) is 0 Å². The molecule has 0 aliphatic rings. The van der Waals surface area contributed by atoms with Gasteiger partial charge in [-0.2, -0.15) is 8.42 Å². The number of ether oxygens (including phenoxy) is 1. The zero-order valence-corrected chi connectivity index (χ0v) is 7.44.